The molecule has 4 heteroatoms. The summed E-state index contributed by atoms with van der Waals surface area (Å²) in [4.78, 5) is 4.61. The first-order valence-electron chi connectivity index (χ1n) is 5.63. The van der Waals surface area contributed by atoms with Gasteiger partial charge in [0.1, 0.15) is 5.82 Å². The highest BCUT2D eigenvalue weighted by atomic mass is 15.1. The number of fused-ring (bicyclic) bond motifs is 1. The second-order valence-corrected chi connectivity index (χ2v) is 4.09. The maximum atomic E-state index is 4.61. The van der Waals surface area contributed by atoms with Crippen LogP contribution in [-0.4, -0.2) is 15.2 Å². The lowest BCUT2D eigenvalue weighted by atomic mass is 10.2. The highest BCUT2D eigenvalue weighted by Gasteiger charge is 2.12. The molecular formula is C12H14N4. The van der Waals surface area contributed by atoms with Crippen molar-refractivity contribution in [3.8, 4) is 0 Å². The number of pyridine rings is 1. The fourth-order valence-corrected chi connectivity index (χ4v) is 2.09. The molecule has 1 aliphatic carbocycles. The van der Waals surface area contributed by atoms with Crippen LogP contribution in [0.25, 0.3) is 0 Å². The fraction of sp³-hybridized carbons (Fsp3) is 0.333. The zero-order valence-corrected chi connectivity index (χ0v) is 9.03. The van der Waals surface area contributed by atoms with E-state index >= 15 is 0 Å². The van der Waals surface area contributed by atoms with Gasteiger partial charge in [-0.05, 0) is 37.0 Å². The predicted octanol–water partition coefficient (Wildman–Crippen LogP) is 1.91. The van der Waals surface area contributed by atoms with E-state index in [0.717, 1.165) is 24.5 Å². The van der Waals surface area contributed by atoms with Crippen molar-refractivity contribution in [3.63, 3.8) is 0 Å². The van der Waals surface area contributed by atoms with E-state index in [1.54, 1.807) is 6.20 Å². The number of aryl methyl sites for hydroxylation is 2. The highest BCUT2D eigenvalue weighted by Crippen LogP contribution is 2.21. The molecule has 4 nitrogen and oxygen atoms in total. The number of aromatic nitrogens is 3. The molecule has 2 aromatic rings. The van der Waals surface area contributed by atoms with Gasteiger partial charge in [0.15, 0.2) is 0 Å². The number of H-pyrrole nitrogens is 1. The van der Waals surface area contributed by atoms with Crippen LogP contribution in [0.15, 0.2) is 24.4 Å². The molecule has 16 heavy (non-hydrogen) atoms. The Balaban J connectivity index is 1.71. The molecule has 1 aliphatic rings. The van der Waals surface area contributed by atoms with E-state index in [4.69, 9.17) is 0 Å². The minimum Gasteiger partial charge on any atom is -0.364 e. The predicted molar refractivity (Wildman–Crippen MR) is 62.2 cm³/mol. The summed E-state index contributed by atoms with van der Waals surface area (Å²) in [5, 5.41) is 10.1. The van der Waals surface area contributed by atoms with E-state index in [-0.39, 0.29) is 0 Å². The third-order valence-corrected chi connectivity index (χ3v) is 2.95. The molecule has 3 rings (SSSR count). The summed E-state index contributed by atoms with van der Waals surface area (Å²) in [7, 11) is 0. The lowest BCUT2D eigenvalue weighted by Crippen LogP contribution is -2.03. The molecule has 0 saturated carbocycles. The molecule has 0 saturated heterocycles. The van der Waals surface area contributed by atoms with Crippen LogP contribution < -0.4 is 5.32 Å². The molecule has 0 aliphatic heterocycles. The first-order valence-corrected chi connectivity index (χ1v) is 5.63. The molecule has 0 bridgehead atoms. The first-order chi connectivity index (χ1) is 7.92. The Hall–Kier alpha value is -1.84. The monoisotopic (exact) mass is 214 g/mol. The van der Waals surface area contributed by atoms with Crippen molar-refractivity contribution in [3.05, 3.63) is 41.3 Å². The third-order valence-electron chi connectivity index (χ3n) is 2.95. The Morgan fingerprint density at radius 2 is 2.25 bits per heavy atom. The van der Waals surface area contributed by atoms with Crippen molar-refractivity contribution in [2.75, 3.05) is 5.32 Å². The van der Waals surface area contributed by atoms with Crippen LogP contribution in [-0.2, 0) is 19.4 Å². The van der Waals surface area contributed by atoms with Crippen molar-refractivity contribution < 1.29 is 0 Å². The largest absolute Gasteiger partial charge is 0.364 e. The summed E-state index contributed by atoms with van der Waals surface area (Å²) >= 11 is 0. The number of nitrogens with one attached hydrogen (secondary N) is 2. The van der Waals surface area contributed by atoms with Gasteiger partial charge in [0, 0.05) is 11.9 Å². The van der Waals surface area contributed by atoms with E-state index in [0.29, 0.717) is 0 Å². The van der Waals surface area contributed by atoms with E-state index in [1.165, 1.54) is 24.1 Å². The number of aromatic amines is 1. The summed E-state index contributed by atoms with van der Waals surface area (Å²) in [6.45, 7) is 0.742. The topological polar surface area (TPSA) is 53.6 Å². The maximum Gasteiger partial charge on any atom is 0.126 e. The Bertz CT molecular complexity index is 476. The summed E-state index contributed by atoms with van der Waals surface area (Å²) in [6.07, 6.45) is 5.30. The average Bonchev–Trinajstić information content (AvgIpc) is 2.97. The highest BCUT2D eigenvalue weighted by molar-refractivity contribution is 5.40. The van der Waals surface area contributed by atoms with Crippen LogP contribution in [0.2, 0.25) is 0 Å². The maximum absolute atomic E-state index is 4.61. The van der Waals surface area contributed by atoms with Crippen LogP contribution in [0.3, 0.4) is 0 Å². The molecule has 0 spiro atoms. The molecule has 0 atom stereocenters. The summed E-state index contributed by atoms with van der Waals surface area (Å²) in [5.74, 6) is 0.954. The van der Waals surface area contributed by atoms with Gasteiger partial charge in [0.2, 0.25) is 0 Å². The average molecular weight is 214 g/mol. The lowest BCUT2D eigenvalue weighted by molar-refractivity contribution is 0.898. The van der Waals surface area contributed by atoms with E-state index in [9.17, 15) is 0 Å². The second kappa shape index (κ2) is 3.96. The van der Waals surface area contributed by atoms with Crippen LogP contribution in [0.1, 0.15) is 23.4 Å². The van der Waals surface area contributed by atoms with Crippen molar-refractivity contribution >= 4 is 5.82 Å². The quantitative estimate of drug-likeness (QED) is 0.820. The number of rotatable bonds is 3. The number of hydrogen-bond acceptors (Lipinski definition) is 3. The summed E-state index contributed by atoms with van der Waals surface area (Å²) in [6, 6.07) is 6.20. The van der Waals surface area contributed by atoms with Crippen LogP contribution >= 0.6 is 0 Å². The Morgan fingerprint density at radius 3 is 3.12 bits per heavy atom. The minimum atomic E-state index is 0.742. The van der Waals surface area contributed by atoms with Gasteiger partial charge in [0.25, 0.3) is 0 Å². The van der Waals surface area contributed by atoms with Gasteiger partial charge in [0.05, 0.1) is 12.2 Å². The van der Waals surface area contributed by atoms with Crippen LogP contribution in [0.5, 0.6) is 0 Å². The van der Waals surface area contributed by atoms with E-state index in [1.807, 2.05) is 6.07 Å². The van der Waals surface area contributed by atoms with E-state index < -0.39 is 0 Å². The van der Waals surface area contributed by atoms with Gasteiger partial charge >= 0.3 is 0 Å². The molecule has 0 amide bonds. The molecule has 0 unspecified atom stereocenters. The zero-order chi connectivity index (χ0) is 10.8. The van der Waals surface area contributed by atoms with Gasteiger partial charge in [-0.15, -0.1) is 0 Å². The van der Waals surface area contributed by atoms with Gasteiger partial charge in [-0.1, -0.05) is 6.07 Å². The fourth-order valence-electron chi connectivity index (χ4n) is 2.09. The Labute approximate surface area is 94.1 Å². The summed E-state index contributed by atoms with van der Waals surface area (Å²) in [5.41, 5.74) is 3.74. The number of nitrogens with zero attached hydrogens (tertiary/aromatic N) is 2. The van der Waals surface area contributed by atoms with Crippen LogP contribution in [0, 0.1) is 0 Å². The Kier molecular flexibility index (Phi) is 2.33. The zero-order valence-electron chi connectivity index (χ0n) is 9.03. The minimum absolute atomic E-state index is 0.742. The van der Waals surface area contributed by atoms with Gasteiger partial charge in [-0.25, -0.2) is 4.98 Å². The van der Waals surface area contributed by atoms with E-state index in [2.05, 4.69) is 32.6 Å². The molecule has 0 radical (unpaired) electrons. The normalized spacial score (nSPS) is 13.8. The molecule has 0 fully saturated rings. The third kappa shape index (κ3) is 1.78. The van der Waals surface area contributed by atoms with Crippen molar-refractivity contribution in [1.82, 2.24) is 15.2 Å². The Morgan fingerprint density at radius 1 is 1.25 bits per heavy atom. The molecule has 0 aromatic carbocycles. The standard InChI is InChI=1S/C12H14N4/c1-2-9-4-5-12(15-11(9)3-1)13-8-10-6-7-14-16-10/h4-7H,1-3,8H2,(H,13,15)(H,14,16). The number of anilines is 1. The van der Waals surface area contributed by atoms with Crippen molar-refractivity contribution in [2.45, 2.75) is 25.8 Å². The molecular weight excluding hydrogens is 200 g/mol. The van der Waals surface area contributed by atoms with Crippen LogP contribution in [0.4, 0.5) is 5.82 Å². The summed E-state index contributed by atoms with van der Waals surface area (Å²) < 4.78 is 0. The van der Waals surface area contributed by atoms with Gasteiger partial charge in [-0.3, -0.25) is 5.10 Å². The molecule has 2 aromatic heterocycles. The SMILES string of the molecule is c1cc(CNc2ccc3c(n2)CCC3)[nH]n1. The second-order valence-electron chi connectivity index (χ2n) is 4.09. The van der Waals surface area contributed by atoms with Crippen molar-refractivity contribution in [2.24, 2.45) is 0 Å². The number of hydrogen-bond donors (Lipinski definition) is 2. The van der Waals surface area contributed by atoms with Gasteiger partial charge < -0.3 is 5.32 Å². The van der Waals surface area contributed by atoms with Gasteiger partial charge in [-0.2, -0.15) is 5.10 Å². The molecule has 82 valence electrons. The first kappa shape index (κ1) is 9.39. The molecule has 2 heterocycles. The van der Waals surface area contributed by atoms with Crippen molar-refractivity contribution in [1.29, 1.82) is 0 Å². The lowest BCUT2D eigenvalue weighted by Gasteiger charge is -2.06. The molecule has 2 N–H and O–H groups in total. The smallest absolute Gasteiger partial charge is 0.126 e.